The molecule has 0 bridgehead atoms. The van der Waals surface area contributed by atoms with E-state index >= 15 is 0 Å². The number of anilines is 2. The highest BCUT2D eigenvalue weighted by atomic mass is 32.2. The Balaban J connectivity index is 1.74. The van der Waals surface area contributed by atoms with Gasteiger partial charge in [0.1, 0.15) is 0 Å². The van der Waals surface area contributed by atoms with Crippen LogP contribution in [0.5, 0.6) is 0 Å². The fourth-order valence-electron chi connectivity index (χ4n) is 2.85. The van der Waals surface area contributed by atoms with Crippen molar-refractivity contribution in [2.24, 2.45) is 0 Å². The fourth-order valence-corrected chi connectivity index (χ4v) is 5.25. The first kappa shape index (κ1) is 17.0. The summed E-state index contributed by atoms with van der Waals surface area (Å²) in [7, 11) is -3.22. The summed E-state index contributed by atoms with van der Waals surface area (Å²) in [6.07, 6.45) is 1.94. The third kappa shape index (κ3) is 3.79. The molecule has 1 aromatic heterocycles. The maximum Gasteiger partial charge on any atom is 0.235 e. The topological polar surface area (TPSA) is 66.5 Å². The van der Waals surface area contributed by atoms with Crippen LogP contribution in [0.2, 0.25) is 0 Å². The Bertz CT molecular complexity index is 830. The molecule has 2 heterocycles. The molecule has 0 spiro atoms. The smallest absolute Gasteiger partial charge is 0.235 e. The van der Waals surface area contributed by atoms with Crippen LogP contribution >= 0.6 is 11.3 Å². The Hall–Kier alpha value is -1.86. The quantitative estimate of drug-likeness (QED) is 0.906. The van der Waals surface area contributed by atoms with Gasteiger partial charge in [-0.2, -0.15) is 0 Å². The predicted octanol–water partition coefficient (Wildman–Crippen LogP) is 3.17. The molecule has 1 fully saturated rings. The van der Waals surface area contributed by atoms with Gasteiger partial charge < -0.3 is 5.32 Å². The van der Waals surface area contributed by atoms with Gasteiger partial charge >= 0.3 is 0 Å². The highest BCUT2D eigenvalue weighted by Crippen LogP contribution is 2.29. The Morgan fingerprint density at radius 1 is 1.29 bits per heavy atom. The second kappa shape index (κ2) is 6.94. The van der Waals surface area contributed by atoms with Crippen molar-refractivity contribution in [3.63, 3.8) is 0 Å². The summed E-state index contributed by atoms with van der Waals surface area (Å²) in [4.78, 5) is 13.1. The van der Waals surface area contributed by atoms with Gasteiger partial charge in [0.2, 0.25) is 15.9 Å². The molecule has 1 amide bonds. The number of amides is 1. The standard InChI is InChI=1S/C17H20N2O3S2/c1-13-11-14(18-17(20)12-15-5-4-9-23-15)6-7-16(13)19-8-2-3-10-24(19,21)22/h4-7,9,11H,2-3,8,10,12H2,1H3,(H,18,20). The maximum atomic E-state index is 12.2. The van der Waals surface area contributed by atoms with Crippen molar-refractivity contribution in [3.8, 4) is 0 Å². The third-order valence-corrected chi connectivity index (χ3v) is 6.75. The van der Waals surface area contributed by atoms with E-state index in [1.54, 1.807) is 23.5 Å². The number of aryl methyl sites for hydroxylation is 1. The summed E-state index contributed by atoms with van der Waals surface area (Å²) in [6, 6.07) is 9.22. The Morgan fingerprint density at radius 2 is 2.12 bits per heavy atom. The van der Waals surface area contributed by atoms with E-state index in [-0.39, 0.29) is 11.7 Å². The lowest BCUT2D eigenvalue weighted by Gasteiger charge is -2.29. The SMILES string of the molecule is Cc1cc(NC(=O)Cc2cccs2)ccc1N1CCCCS1(=O)=O. The van der Waals surface area contributed by atoms with E-state index in [0.29, 0.717) is 24.3 Å². The average Bonchev–Trinajstić information content (AvgIpc) is 3.00. The second-order valence-electron chi connectivity index (χ2n) is 5.90. The number of rotatable bonds is 4. The van der Waals surface area contributed by atoms with Crippen LogP contribution in [-0.2, 0) is 21.2 Å². The van der Waals surface area contributed by atoms with E-state index in [9.17, 15) is 13.2 Å². The van der Waals surface area contributed by atoms with Crippen molar-refractivity contribution in [1.29, 1.82) is 0 Å². The van der Waals surface area contributed by atoms with Gasteiger partial charge in [0.05, 0.1) is 17.9 Å². The Kier molecular flexibility index (Phi) is 4.91. The van der Waals surface area contributed by atoms with Gasteiger partial charge in [0.15, 0.2) is 0 Å². The van der Waals surface area contributed by atoms with Crippen LogP contribution in [0, 0.1) is 6.92 Å². The van der Waals surface area contributed by atoms with Crippen molar-refractivity contribution >= 4 is 38.6 Å². The number of nitrogens with zero attached hydrogens (tertiary/aromatic N) is 1. The minimum absolute atomic E-state index is 0.0739. The van der Waals surface area contributed by atoms with E-state index in [4.69, 9.17) is 0 Å². The Labute approximate surface area is 146 Å². The van der Waals surface area contributed by atoms with Crippen molar-refractivity contribution in [1.82, 2.24) is 0 Å². The highest BCUT2D eigenvalue weighted by molar-refractivity contribution is 7.92. The normalized spacial score (nSPS) is 16.8. The van der Waals surface area contributed by atoms with Crippen LogP contribution in [0.3, 0.4) is 0 Å². The molecule has 3 rings (SSSR count). The van der Waals surface area contributed by atoms with Gasteiger partial charge in [-0.05, 0) is 55.0 Å². The van der Waals surface area contributed by atoms with Gasteiger partial charge in [-0.15, -0.1) is 11.3 Å². The first-order chi connectivity index (χ1) is 11.5. The predicted molar refractivity (Wildman–Crippen MR) is 98.2 cm³/mol. The molecule has 1 aromatic carbocycles. The van der Waals surface area contributed by atoms with Gasteiger partial charge in [-0.1, -0.05) is 6.07 Å². The molecular formula is C17H20N2O3S2. The van der Waals surface area contributed by atoms with Gasteiger partial charge in [-0.3, -0.25) is 9.10 Å². The maximum absolute atomic E-state index is 12.2. The molecule has 1 N–H and O–H groups in total. The first-order valence-electron chi connectivity index (χ1n) is 7.89. The van der Waals surface area contributed by atoms with E-state index in [1.807, 2.05) is 30.5 Å². The summed E-state index contributed by atoms with van der Waals surface area (Å²) < 4.78 is 26.0. The second-order valence-corrected chi connectivity index (χ2v) is 8.95. The summed E-state index contributed by atoms with van der Waals surface area (Å²) in [5.74, 6) is 0.126. The minimum Gasteiger partial charge on any atom is -0.326 e. The molecule has 1 saturated heterocycles. The molecule has 128 valence electrons. The molecule has 0 radical (unpaired) electrons. The van der Waals surface area contributed by atoms with Crippen LogP contribution in [0.15, 0.2) is 35.7 Å². The van der Waals surface area contributed by atoms with Crippen LogP contribution in [0.4, 0.5) is 11.4 Å². The molecule has 0 atom stereocenters. The molecule has 24 heavy (non-hydrogen) atoms. The molecule has 1 aliphatic rings. The van der Waals surface area contributed by atoms with Crippen LogP contribution in [0.25, 0.3) is 0 Å². The zero-order valence-electron chi connectivity index (χ0n) is 13.5. The van der Waals surface area contributed by atoms with E-state index in [0.717, 1.165) is 23.3 Å². The zero-order chi connectivity index (χ0) is 17.2. The minimum atomic E-state index is -3.22. The fraction of sp³-hybridized carbons (Fsp3) is 0.353. The summed E-state index contributed by atoms with van der Waals surface area (Å²) in [5.41, 5.74) is 2.23. The lowest BCUT2D eigenvalue weighted by Crippen LogP contribution is -2.38. The van der Waals surface area contributed by atoms with Gasteiger partial charge in [-0.25, -0.2) is 8.42 Å². The zero-order valence-corrected chi connectivity index (χ0v) is 15.1. The molecule has 2 aromatic rings. The number of thiophene rings is 1. The Morgan fingerprint density at radius 3 is 2.79 bits per heavy atom. The lowest BCUT2D eigenvalue weighted by molar-refractivity contribution is -0.115. The first-order valence-corrected chi connectivity index (χ1v) is 10.4. The molecule has 0 saturated carbocycles. The largest absolute Gasteiger partial charge is 0.326 e. The number of hydrogen-bond donors (Lipinski definition) is 1. The van der Waals surface area contributed by atoms with Crippen LogP contribution in [0.1, 0.15) is 23.3 Å². The van der Waals surface area contributed by atoms with Crippen molar-refractivity contribution < 1.29 is 13.2 Å². The molecule has 1 aliphatic heterocycles. The molecule has 0 aliphatic carbocycles. The van der Waals surface area contributed by atoms with Gasteiger partial charge in [0, 0.05) is 17.1 Å². The van der Waals surface area contributed by atoms with Crippen LogP contribution < -0.4 is 9.62 Å². The molecule has 5 nitrogen and oxygen atoms in total. The number of carbonyl (C=O) groups excluding carboxylic acids is 1. The number of carbonyl (C=O) groups is 1. The molecule has 0 unspecified atom stereocenters. The van der Waals surface area contributed by atoms with Gasteiger partial charge in [0.25, 0.3) is 0 Å². The molecule has 7 heteroatoms. The summed E-state index contributed by atoms with van der Waals surface area (Å²) >= 11 is 1.55. The lowest BCUT2D eigenvalue weighted by atomic mass is 10.1. The highest BCUT2D eigenvalue weighted by Gasteiger charge is 2.27. The van der Waals surface area contributed by atoms with Crippen molar-refractivity contribution in [2.75, 3.05) is 21.9 Å². The average molecular weight is 364 g/mol. The van der Waals surface area contributed by atoms with Crippen molar-refractivity contribution in [3.05, 3.63) is 46.2 Å². The monoisotopic (exact) mass is 364 g/mol. The number of nitrogens with one attached hydrogen (secondary N) is 1. The third-order valence-electron chi connectivity index (χ3n) is 4.01. The summed E-state index contributed by atoms with van der Waals surface area (Å²) in [6.45, 7) is 2.39. The number of hydrogen-bond acceptors (Lipinski definition) is 4. The van der Waals surface area contributed by atoms with Crippen molar-refractivity contribution in [2.45, 2.75) is 26.2 Å². The number of benzene rings is 1. The van der Waals surface area contributed by atoms with Crippen LogP contribution in [-0.4, -0.2) is 26.6 Å². The van der Waals surface area contributed by atoms with E-state index < -0.39 is 10.0 Å². The number of sulfonamides is 1. The molecular weight excluding hydrogens is 344 g/mol. The van der Waals surface area contributed by atoms with E-state index in [2.05, 4.69) is 5.32 Å². The summed E-state index contributed by atoms with van der Waals surface area (Å²) in [5, 5.41) is 4.82. The van der Waals surface area contributed by atoms with E-state index in [1.165, 1.54) is 4.31 Å².